The van der Waals surface area contributed by atoms with Crippen molar-refractivity contribution >= 4 is 9.05 Å². The molecule has 0 unspecified atom stereocenters. The Kier molecular flexibility index (Phi) is 9.10. The highest BCUT2D eigenvalue weighted by Crippen LogP contribution is 2.19. The van der Waals surface area contributed by atoms with Crippen LogP contribution in [0.5, 0.6) is 0 Å². The van der Waals surface area contributed by atoms with E-state index < -0.39 is 9.05 Å². The molecular formula is C14H32O4Si. The Labute approximate surface area is 120 Å². The molecule has 0 rings (SSSR count). The molecule has 0 saturated heterocycles. The van der Waals surface area contributed by atoms with Gasteiger partial charge in [-0.2, -0.15) is 0 Å². The van der Waals surface area contributed by atoms with Crippen molar-refractivity contribution in [2.45, 2.75) is 67.6 Å². The summed E-state index contributed by atoms with van der Waals surface area (Å²) in [6.07, 6.45) is 0.0366. The van der Waals surface area contributed by atoms with Crippen LogP contribution in [-0.4, -0.2) is 34.5 Å². The van der Waals surface area contributed by atoms with Crippen LogP contribution < -0.4 is 0 Å². The molecule has 0 spiro atoms. The summed E-state index contributed by atoms with van der Waals surface area (Å²) in [4.78, 5) is 0. The second kappa shape index (κ2) is 9.08. The monoisotopic (exact) mass is 292 g/mol. The standard InChI is InChI=1S/C14H32O4Si/c1-11(2)9-15-19(17-13(5)6,18-14(7)8)16-10-12(3)4/h11-14H,9-10H2,1-8H3. The first-order valence-corrected chi connectivity index (χ1v) is 8.93. The van der Waals surface area contributed by atoms with Gasteiger partial charge in [-0.25, -0.2) is 0 Å². The van der Waals surface area contributed by atoms with E-state index in [1.54, 1.807) is 0 Å². The van der Waals surface area contributed by atoms with Gasteiger partial charge in [0.1, 0.15) is 0 Å². The zero-order valence-corrected chi connectivity index (χ0v) is 14.9. The smallest absolute Gasteiger partial charge is 0.351 e. The van der Waals surface area contributed by atoms with E-state index in [0.717, 1.165) is 0 Å². The van der Waals surface area contributed by atoms with Crippen molar-refractivity contribution in [3.63, 3.8) is 0 Å². The van der Waals surface area contributed by atoms with Gasteiger partial charge in [0.2, 0.25) is 0 Å². The van der Waals surface area contributed by atoms with Gasteiger partial charge >= 0.3 is 9.05 Å². The SMILES string of the molecule is CC(C)CO[Si](OCC(C)C)(OC(C)C)OC(C)C. The van der Waals surface area contributed by atoms with Crippen LogP contribution in [0, 0.1) is 11.8 Å². The van der Waals surface area contributed by atoms with Crippen molar-refractivity contribution < 1.29 is 17.7 Å². The Hall–Kier alpha value is 0.0569. The maximum absolute atomic E-state index is 5.94. The Bertz CT molecular complexity index is 205. The maximum Gasteiger partial charge on any atom is 0.680 e. The molecule has 0 radical (unpaired) electrons. The zero-order valence-electron chi connectivity index (χ0n) is 13.9. The highest BCUT2D eigenvalue weighted by Gasteiger charge is 2.48. The van der Waals surface area contributed by atoms with E-state index in [0.29, 0.717) is 25.0 Å². The lowest BCUT2D eigenvalue weighted by Gasteiger charge is -2.32. The predicted octanol–water partition coefficient (Wildman–Crippen LogP) is 3.62. The summed E-state index contributed by atoms with van der Waals surface area (Å²) >= 11 is 0. The van der Waals surface area contributed by atoms with Crippen LogP contribution in [-0.2, 0) is 17.7 Å². The zero-order chi connectivity index (χ0) is 15.1. The fourth-order valence-corrected chi connectivity index (χ4v) is 3.96. The first-order chi connectivity index (χ1) is 8.67. The Balaban J connectivity index is 4.83. The molecule has 0 bridgehead atoms. The van der Waals surface area contributed by atoms with Crippen molar-refractivity contribution in [3.05, 3.63) is 0 Å². The minimum atomic E-state index is -3.05. The van der Waals surface area contributed by atoms with E-state index in [9.17, 15) is 0 Å². The van der Waals surface area contributed by atoms with Crippen molar-refractivity contribution in [1.29, 1.82) is 0 Å². The molecule has 0 aliphatic heterocycles. The normalized spacial score (nSPS) is 13.3. The molecule has 4 nitrogen and oxygen atoms in total. The minimum absolute atomic E-state index is 0.0183. The largest absolute Gasteiger partial charge is 0.680 e. The van der Waals surface area contributed by atoms with Gasteiger partial charge in [-0.1, -0.05) is 27.7 Å². The first-order valence-electron chi connectivity index (χ1n) is 7.30. The topological polar surface area (TPSA) is 36.9 Å². The van der Waals surface area contributed by atoms with E-state index in [1.165, 1.54) is 0 Å². The van der Waals surface area contributed by atoms with E-state index in [4.69, 9.17) is 17.7 Å². The van der Waals surface area contributed by atoms with Gasteiger partial charge in [0, 0.05) is 25.4 Å². The van der Waals surface area contributed by atoms with Crippen LogP contribution in [0.15, 0.2) is 0 Å². The summed E-state index contributed by atoms with van der Waals surface area (Å²) < 4.78 is 23.7. The van der Waals surface area contributed by atoms with E-state index in [1.807, 2.05) is 27.7 Å². The first kappa shape index (κ1) is 19.1. The molecule has 0 atom stereocenters. The van der Waals surface area contributed by atoms with Crippen LogP contribution >= 0.6 is 0 Å². The van der Waals surface area contributed by atoms with Crippen LogP contribution in [0.3, 0.4) is 0 Å². The summed E-state index contributed by atoms with van der Waals surface area (Å²) in [7, 11) is -3.05. The van der Waals surface area contributed by atoms with E-state index in [2.05, 4.69) is 27.7 Å². The average Bonchev–Trinajstić information content (AvgIpc) is 2.22. The molecule has 0 aromatic heterocycles. The van der Waals surface area contributed by atoms with E-state index >= 15 is 0 Å². The summed E-state index contributed by atoms with van der Waals surface area (Å²) in [5.74, 6) is 0.835. The predicted molar refractivity (Wildman–Crippen MR) is 79.8 cm³/mol. The van der Waals surface area contributed by atoms with Gasteiger partial charge in [0.15, 0.2) is 0 Å². The van der Waals surface area contributed by atoms with Gasteiger partial charge in [0.25, 0.3) is 0 Å². The Morgan fingerprint density at radius 1 is 0.632 bits per heavy atom. The Morgan fingerprint density at radius 3 is 1.16 bits per heavy atom. The molecule has 0 fully saturated rings. The average molecular weight is 292 g/mol. The van der Waals surface area contributed by atoms with Crippen molar-refractivity contribution in [3.8, 4) is 0 Å². The van der Waals surface area contributed by atoms with Gasteiger partial charge in [-0.15, -0.1) is 0 Å². The van der Waals surface area contributed by atoms with Gasteiger partial charge in [-0.3, -0.25) is 0 Å². The lowest BCUT2D eigenvalue weighted by molar-refractivity contribution is -0.0700. The lowest BCUT2D eigenvalue weighted by Crippen LogP contribution is -2.53. The highest BCUT2D eigenvalue weighted by atomic mass is 28.4. The molecule has 0 saturated carbocycles. The molecule has 0 aliphatic carbocycles. The molecule has 0 amide bonds. The molecule has 0 aliphatic rings. The second-order valence-corrected chi connectivity index (χ2v) is 8.29. The minimum Gasteiger partial charge on any atom is -0.351 e. The van der Waals surface area contributed by atoms with Gasteiger partial charge in [0.05, 0.1) is 0 Å². The van der Waals surface area contributed by atoms with Crippen LogP contribution in [0.4, 0.5) is 0 Å². The fourth-order valence-electron chi connectivity index (χ4n) is 1.32. The number of hydrogen-bond acceptors (Lipinski definition) is 4. The Morgan fingerprint density at radius 2 is 0.947 bits per heavy atom. The van der Waals surface area contributed by atoms with Crippen LogP contribution in [0.25, 0.3) is 0 Å². The summed E-state index contributed by atoms with van der Waals surface area (Å²) in [5, 5.41) is 0. The van der Waals surface area contributed by atoms with Crippen molar-refractivity contribution in [2.75, 3.05) is 13.2 Å². The van der Waals surface area contributed by atoms with Crippen LogP contribution in [0.2, 0.25) is 0 Å². The van der Waals surface area contributed by atoms with Crippen molar-refractivity contribution in [2.24, 2.45) is 11.8 Å². The molecule has 0 heterocycles. The molecule has 5 heteroatoms. The van der Waals surface area contributed by atoms with Gasteiger partial charge < -0.3 is 17.7 Å². The quantitative estimate of drug-likeness (QED) is 0.576. The van der Waals surface area contributed by atoms with Crippen LogP contribution in [0.1, 0.15) is 55.4 Å². The van der Waals surface area contributed by atoms with Gasteiger partial charge in [-0.05, 0) is 39.5 Å². The van der Waals surface area contributed by atoms with E-state index in [-0.39, 0.29) is 12.2 Å². The maximum atomic E-state index is 5.94. The summed E-state index contributed by atoms with van der Waals surface area (Å²) in [6.45, 7) is 17.5. The lowest BCUT2D eigenvalue weighted by atomic mass is 10.2. The third kappa shape index (κ3) is 9.57. The summed E-state index contributed by atoms with van der Waals surface area (Å²) in [6, 6.07) is 0. The number of hydrogen-bond donors (Lipinski definition) is 0. The van der Waals surface area contributed by atoms with Crippen molar-refractivity contribution in [1.82, 2.24) is 0 Å². The molecule has 0 N–H and O–H groups in total. The molecule has 0 aromatic rings. The molecule has 19 heavy (non-hydrogen) atoms. The molecule has 116 valence electrons. The second-order valence-electron chi connectivity index (χ2n) is 6.24. The molecular weight excluding hydrogens is 260 g/mol. The molecule has 0 aromatic carbocycles. The third-order valence-corrected chi connectivity index (χ3v) is 4.51. The number of rotatable bonds is 10. The third-order valence-electron chi connectivity index (χ3n) is 1.95. The fraction of sp³-hybridized carbons (Fsp3) is 1.00. The highest BCUT2D eigenvalue weighted by molar-refractivity contribution is 6.53. The summed E-state index contributed by atoms with van der Waals surface area (Å²) in [5.41, 5.74) is 0.